The zero-order chi connectivity index (χ0) is 20.6. The Morgan fingerprint density at radius 1 is 1.31 bits per heavy atom. The maximum atomic E-state index is 13.6. The molecule has 0 bridgehead atoms. The third-order valence-electron chi connectivity index (χ3n) is 6.41. The molecule has 4 rings (SSSR count). The Morgan fingerprint density at radius 3 is 2.66 bits per heavy atom. The van der Waals surface area contributed by atoms with Crippen LogP contribution in [0.4, 0.5) is 4.79 Å². The van der Waals surface area contributed by atoms with E-state index in [1.165, 1.54) is 0 Å². The third kappa shape index (κ3) is 3.29. The molecule has 1 saturated heterocycles. The summed E-state index contributed by atoms with van der Waals surface area (Å²) < 4.78 is 5.25. The molecule has 1 amide bonds. The van der Waals surface area contributed by atoms with Gasteiger partial charge in [-0.3, -0.25) is 4.79 Å². The van der Waals surface area contributed by atoms with Crippen molar-refractivity contribution in [3.05, 3.63) is 47.2 Å². The molecular formula is C22H27BrN3O3+. The summed E-state index contributed by atoms with van der Waals surface area (Å²) in [4.78, 5) is 26.5. The number of ether oxygens (including phenoxy) is 1. The van der Waals surface area contributed by atoms with Gasteiger partial charge in [0, 0.05) is 5.57 Å². The number of carbonyl (C=O) groups is 2. The van der Waals surface area contributed by atoms with E-state index in [1.54, 1.807) is 6.21 Å². The SMILES string of the molecule is CC(C)[N+]1(C(=O)OCc2ccccc2)N=CC2=C1C(=O)C(Br)C1(CCNCC1)C2. The molecule has 2 heterocycles. The number of allylic oxidation sites excluding steroid dienone is 2. The molecule has 2 unspecified atom stereocenters. The number of rotatable bonds is 3. The number of alkyl halides is 1. The summed E-state index contributed by atoms with van der Waals surface area (Å²) >= 11 is 3.71. The maximum Gasteiger partial charge on any atom is 0.549 e. The van der Waals surface area contributed by atoms with Gasteiger partial charge in [0.25, 0.3) is 0 Å². The van der Waals surface area contributed by atoms with Crippen LogP contribution in [0.2, 0.25) is 0 Å². The molecule has 1 aromatic carbocycles. The number of nitrogens with one attached hydrogen (secondary N) is 1. The lowest BCUT2D eigenvalue weighted by atomic mass is 9.67. The normalized spacial score (nSPS) is 28.1. The van der Waals surface area contributed by atoms with Crippen molar-refractivity contribution in [2.24, 2.45) is 10.5 Å². The highest BCUT2D eigenvalue weighted by atomic mass is 79.9. The molecule has 2 aliphatic heterocycles. The minimum Gasteiger partial charge on any atom is -0.413 e. The topological polar surface area (TPSA) is 67.8 Å². The van der Waals surface area contributed by atoms with Gasteiger partial charge in [-0.2, -0.15) is 4.79 Å². The van der Waals surface area contributed by atoms with Gasteiger partial charge in [0.15, 0.2) is 0 Å². The van der Waals surface area contributed by atoms with Gasteiger partial charge < -0.3 is 10.1 Å². The number of hydrogen-bond donors (Lipinski definition) is 1. The van der Waals surface area contributed by atoms with Crippen molar-refractivity contribution in [2.75, 3.05) is 13.1 Å². The molecule has 1 N–H and O–H groups in total. The standard InChI is InChI=1S/C22H27BrN3O3/c1-15(2)26(21(28)29-14-16-6-4-3-5-7-16)18-17(13-25-26)12-22(20(23)19(18)27)8-10-24-11-9-22/h3-7,13,15,20,24H,8-12,14H2,1-2H3/q+1. The Labute approximate surface area is 179 Å². The Morgan fingerprint density at radius 2 is 2.00 bits per heavy atom. The van der Waals surface area contributed by atoms with Crippen LogP contribution in [-0.4, -0.2) is 46.6 Å². The van der Waals surface area contributed by atoms with Gasteiger partial charge in [0.05, 0.1) is 11.0 Å². The lowest BCUT2D eigenvalue weighted by molar-refractivity contribution is -0.842. The van der Waals surface area contributed by atoms with Crippen LogP contribution in [0.1, 0.15) is 38.7 Å². The van der Waals surface area contributed by atoms with Crippen molar-refractivity contribution >= 4 is 34.0 Å². The van der Waals surface area contributed by atoms with Crippen LogP contribution in [0.5, 0.6) is 0 Å². The second-order valence-corrected chi connectivity index (χ2v) is 9.37. The van der Waals surface area contributed by atoms with Crippen molar-refractivity contribution < 1.29 is 18.9 Å². The lowest BCUT2D eigenvalue weighted by Gasteiger charge is -2.44. The van der Waals surface area contributed by atoms with Crippen molar-refractivity contribution in [1.29, 1.82) is 0 Å². The maximum absolute atomic E-state index is 13.6. The third-order valence-corrected chi connectivity index (χ3v) is 7.80. The van der Waals surface area contributed by atoms with Gasteiger partial charge in [-0.05, 0) is 57.2 Å². The van der Waals surface area contributed by atoms with Crippen LogP contribution in [0.15, 0.2) is 46.7 Å². The molecule has 0 radical (unpaired) electrons. The van der Waals surface area contributed by atoms with E-state index in [0.717, 1.165) is 43.5 Å². The van der Waals surface area contributed by atoms with E-state index in [2.05, 4.69) is 26.3 Å². The number of Topliss-reactive ketones (excluding diaryl/α,β-unsaturated/α-hetero) is 1. The highest BCUT2D eigenvalue weighted by molar-refractivity contribution is 9.10. The van der Waals surface area contributed by atoms with Crippen LogP contribution in [0, 0.1) is 5.41 Å². The van der Waals surface area contributed by atoms with Gasteiger partial charge in [0.2, 0.25) is 11.5 Å². The van der Waals surface area contributed by atoms with Crippen molar-refractivity contribution in [3.8, 4) is 0 Å². The molecule has 7 heteroatoms. The summed E-state index contributed by atoms with van der Waals surface area (Å²) in [5.41, 5.74) is 2.15. The van der Waals surface area contributed by atoms with E-state index in [4.69, 9.17) is 4.74 Å². The Bertz CT molecular complexity index is 875. The van der Waals surface area contributed by atoms with E-state index in [-0.39, 0.29) is 28.7 Å². The first-order chi connectivity index (χ1) is 13.9. The summed E-state index contributed by atoms with van der Waals surface area (Å²) in [6.45, 7) is 5.77. The number of piperidine rings is 1. The van der Waals surface area contributed by atoms with E-state index in [9.17, 15) is 9.59 Å². The smallest absolute Gasteiger partial charge is 0.413 e. The minimum absolute atomic E-state index is 0.0315. The fourth-order valence-electron chi connectivity index (χ4n) is 4.73. The first-order valence-electron chi connectivity index (χ1n) is 10.2. The van der Waals surface area contributed by atoms with E-state index < -0.39 is 10.7 Å². The largest absolute Gasteiger partial charge is 0.549 e. The number of benzene rings is 1. The number of hydrogen-bond acceptors (Lipinski definition) is 5. The monoisotopic (exact) mass is 460 g/mol. The summed E-state index contributed by atoms with van der Waals surface area (Å²) in [6, 6.07) is 9.31. The summed E-state index contributed by atoms with van der Waals surface area (Å²) in [6.07, 6.45) is 3.85. The predicted octanol–water partition coefficient (Wildman–Crippen LogP) is 3.91. The van der Waals surface area contributed by atoms with Crippen molar-refractivity contribution in [3.63, 3.8) is 0 Å². The second-order valence-electron chi connectivity index (χ2n) is 8.45. The summed E-state index contributed by atoms with van der Waals surface area (Å²) in [7, 11) is 0. The molecule has 0 aromatic heterocycles. The zero-order valence-corrected chi connectivity index (χ0v) is 18.4. The Kier molecular flexibility index (Phi) is 5.48. The average molecular weight is 461 g/mol. The number of ketones is 1. The molecule has 29 heavy (non-hydrogen) atoms. The van der Waals surface area contributed by atoms with E-state index >= 15 is 0 Å². The first-order valence-corrected chi connectivity index (χ1v) is 11.1. The van der Waals surface area contributed by atoms with Crippen LogP contribution >= 0.6 is 15.9 Å². The minimum atomic E-state index is -0.501. The molecule has 0 saturated carbocycles. The van der Waals surface area contributed by atoms with Crippen molar-refractivity contribution in [2.45, 2.75) is 50.6 Å². The van der Waals surface area contributed by atoms with Gasteiger partial charge in [0.1, 0.15) is 12.6 Å². The fraction of sp³-hybridized carbons (Fsp3) is 0.500. The van der Waals surface area contributed by atoms with Crippen LogP contribution < -0.4 is 5.32 Å². The number of halogens is 1. The summed E-state index contributed by atoms with van der Waals surface area (Å²) in [5, 5.41) is 7.97. The van der Waals surface area contributed by atoms with Crippen LogP contribution in [-0.2, 0) is 16.1 Å². The number of nitrogens with zero attached hydrogens (tertiary/aromatic N) is 2. The highest BCUT2D eigenvalue weighted by Gasteiger charge is 2.61. The van der Waals surface area contributed by atoms with Gasteiger partial charge >= 0.3 is 6.09 Å². The summed E-state index contributed by atoms with van der Waals surface area (Å²) in [5.74, 6) is -0.0315. The number of carbonyl (C=O) groups excluding carboxylic acids is 2. The number of amides is 1. The average Bonchev–Trinajstić information content (AvgIpc) is 3.12. The molecular weight excluding hydrogens is 434 g/mol. The van der Waals surface area contributed by atoms with Crippen LogP contribution in [0.25, 0.3) is 0 Å². The first kappa shape index (κ1) is 20.4. The van der Waals surface area contributed by atoms with Crippen molar-refractivity contribution in [1.82, 2.24) is 5.32 Å². The molecule has 1 aliphatic carbocycles. The van der Waals surface area contributed by atoms with E-state index in [1.807, 2.05) is 44.2 Å². The zero-order valence-electron chi connectivity index (χ0n) is 16.9. The molecule has 1 spiro atoms. The van der Waals surface area contributed by atoms with Crippen LogP contribution in [0.3, 0.4) is 0 Å². The molecule has 2 atom stereocenters. The molecule has 1 fully saturated rings. The molecule has 154 valence electrons. The Hall–Kier alpha value is -1.83. The molecule has 3 aliphatic rings. The predicted molar refractivity (Wildman–Crippen MR) is 114 cm³/mol. The fourth-order valence-corrected chi connectivity index (χ4v) is 5.57. The van der Waals surface area contributed by atoms with Gasteiger partial charge in [-0.1, -0.05) is 56.0 Å². The quantitative estimate of drug-likeness (QED) is 0.548. The lowest BCUT2D eigenvalue weighted by Crippen LogP contribution is -2.57. The molecule has 6 nitrogen and oxygen atoms in total. The number of quaternary nitrogens is 1. The van der Waals surface area contributed by atoms with Gasteiger partial charge in [-0.15, -0.1) is 0 Å². The van der Waals surface area contributed by atoms with E-state index in [0.29, 0.717) is 5.70 Å². The van der Waals surface area contributed by atoms with Gasteiger partial charge in [-0.25, -0.2) is 0 Å². The Balaban J connectivity index is 1.65. The second kappa shape index (κ2) is 7.78. The highest BCUT2D eigenvalue weighted by Crippen LogP contribution is 2.51. The molecule has 1 aromatic rings.